The Morgan fingerprint density at radius 1 is 1.03 bits per heavy atom. The van der Waals surface area contributed by atoms with Gasteiger partial charge < -0.3 is 16.2 Å². The fourth-order valence-corrected chi connectivity index (χ4v) is 3.84. The molecule has 0 bridgehead atoms. The number of benzene rings is 1. The van der Waals surface area contributed by atoms with Gasteiger partial charge in [0.2, 0.25) is 0 Å². The number of anilines is 1. The Hall–Kier alpha value is -2.47. The van der Waals surface area contributed by atoms with E-state index in [-0.39, 0.29) is 0 Å². The first-order chi connectivity index (χ1) is 14.7. The fourth-order valence-electron chi connectivity index (χ4n) is 2.84. The highest BCUT2D eigenvalue weighted by molar-refractivity contribution is 7.99. The number of allylic oxidation sites excluding steroid dienone is 5. The van der Waals surface area contributed by atoms with Crippen LogP contribution < -0.4 is 11.1 Å². The molecule has 0 aliphatic carbocycles. The zero-order valence-electron chi connectivity index (χ0n) is 19.1. The molecule has 0 heterocycles. The van der Waals surface area contributed by atoms with E-state index in [4.69, 9.17) is 5.73 Å². The highest BCUT2D eigenvalue weighted by Crippen LogP contribution is 2.14. The van der Waals surface area contributed by atoms with Crippen LogP contribution in [0.1, 0.15) is 63.7 Å². The summed E-state index contributed by atoms with van der Waals surface area (Å²) in [5, 5.41) is 12.0. The van der Waals surface area contributed by atoms with Crippen LogP contribution in [0.5, 0.6) is 0 Å². The Bertz CT molecular complexity index is 824. The molecule has 1 aromatic carbocycles. The molecular formula is C25H36N2O3S. The van der Waals surface area contributed by atoms with Crippen molar-refractivity contribution < 1.29 is 14.7 Å². The third-order valence-electron chi connectivity index (χ3n) is 4.77. The molecule has 1 aromatic rings. The van der Waals surface area contributed by atoms with Crippen molar-refractivity contribution in [2.45, 2.75) is 59.4 Å². The molecule has 4 N–H and O–H groups in total. The van der Waals surface area contributed by atoms with E-state index in [2.05, 4.69) is 51.2 Å². The number of aliphatic carboxylic acids is 1. The molecule has 0 unspecified atom stereocenters. The second-order valence-corrected chi connectivity index (χ2v) is 9.02. The second kappa shape index (κ2) is 14.5. The summed E-state index contributed by atoms with van der Waals surface area (Å²) in [6.07, 6.45) is 10.9. The summed E-state index contributed by atoms with van der Waals surface area (Å²) in [4.78, 5) is 23.8. The van der Waals surface area contributed by atoms with Gasteiger partial charge in [0.05, 0.1) is 5.56 Å². The Morgan fingerprint density at radius 3 is 2.26 bits per heavy atom. The number of thioether (sulfide) groups is 1. The van der Waals surface area contributed by atoms with E-state index in [0.29, 0.717) is 22.8 Å². The third-order valence-corrected chi connectivity index (χ3v) is 5.74. The van der Waals surface area contributed by atoms with Gasteiger partial charge in [-0.1, -0.05) is 47.1 Å². The van der Waals surface area contributed by atoms with Gasteiger partial charge in [-0.2, -0.15) is 11.8 Å². The number of nitrogens with two attached hydrogens (primary N) is 1. The lowest BCUT2D eigenvalue weighted by Gasteiger charge is -2.14. The average Bonchev–Trinajstić information content (AvgIpc) is 2.70. The predicted molar refractivity (Wildman–Crippen MR) is 132 cm³/mol. The molecule has 5 nitrogen and oxygen atoms in total. The van der Waals surface area contributed by atoms with Gasteiger partial charge in [0.25, 0.3) is 5.91 Å². The number of carbonyl (C=O) groups excluding carboxylic acids is 1. The van der Waals surface area contributed by atoms with Crippen molar-refractivity contribution in [3.05, 3.63) is 64.8 Å². The molecule has 0 spiro atoms. The summed E-state index contributed by atoms with van der Waals surface area (Å²) in [7, 11) is 0. The molecule has 1 rings (SSSR count). The van der Waals surface area contributed by atoms with E-state index in [1.54, 1.807) is 24.3 Å². The molecular weight excluding hydrogens is 408 g/mol. The number of hydrogen-bond donors (Lipinski definition) is 3. The number of carboxylic acid groups (broad SMARTS) is 1. The number of hydrogen-bond acceptors (Lipinski definition) is 4. The molecule has 0 radical (unpaired) electrons. The predicted octanol–water partition coefficient (Wildman–Crippen LogP) is 5.60. The molecule has 0 aromatic heterocycles. The van der Waals surface area contributed by atoms with Crippen LogP contribution in [0, 0.1) is 0 Å². The Kier molecular flexibility index (Phi) is 12.4. The molecule has 170 valence electrons. The van der Waals surface area contributed by atoms with Crippen LogP contribution in [-0.2, 0) is 4.79 Å². The third kappa shape index (κ3) is 11.5. The van der Waals surface area contributed by atoms with Gasteiger partial charge in [-0.3, -0.25) is 4.79 Å². The van der Waals surface area contributed by atoms with Crippen molar-refractivity contribution in [3.8, 4) is 0 Å². The van der Waals surface area contributed by atoms with Crippen LogP contribution in [0.15, 0.2) is 59.2 Å². The van der Waals surface area contributed by atoms with Gasteiger partial charge in [0, 0.05) is 17.2 Å². The normalized spacial score (nSPS) is 12.9. The number of carboxylic acids is 1. The lowest BCUT2D eigenvalue weighted by molar-refractivity contribution is -0.138. The van der Waals surface area contributed by atoms with Gasteiger partial charge in [-0.15, -0.1) is 0 Å². The lowest BCUT2D eigenvalue weighted by atomic mass is 10.1. The van der Waals surface area contributed by atoms with Gasteiger partial charge >= 0.3 is 5.97 Å². The summed E-state index contributed by atoms with van der Waals surface area (Å²) in [5.74, 6) is -0.516. The van der Waals surface area contributed by atoms with Crippen molar-refractivity contribution in [2.75, 3.05) is 17.2 Å². The minimum atomic E-state index is -1.05. The van der Waals surface area contributed by atoms with E-state index >= 15 is 0 Å². The summed E-state index contributed by atoms with van der Waals surface area (Å²) in [5.41, 5.74) is 10.5. The highest BCUT2D eigenvalue weighted by Gasteiger charge is 2.21. The molecule has 0 saturated carbocycles. The van der Waals surface area contributed by atoms with Crippen molar-refractivity contribution >= 4 is 29.3 Å². The monoisotopic (exact) mass is 444 g/mol. The van der Waals surface area contributed by atoms with Crippen LogP contribution >= 0.6 is 11.8 Å². The molecule has 1 atom stereocenters. The quantitative estimate of drug-likeness (QED) is 0.209. The lowest BCUT2D eigenvalue weighted by Crippen LogP contribution is -2.42. The summed E-state index contributed by atoms with van der Waals surface area (Å²) >= 11 is 1.49. The Balaban J connectivity index is 2.41. The largest absolute Gasteiger partial charge is 0.480 e. The van der Waals surface area contributed by atoms with E-state index in [9.17, 15) is 14.7 Å². The van der Waals surface area contributed by atoms with Crippen LogP contribution in [0.2, 0.25) is 0 Å². The molecule has 6 heteroatoms. The Labute approximate surface area is 190 Å². The van der Waals surface area contributed by atoms with Gasteiger partial charge in [-0.25, -0.2) is 4.79 Å². The number of amides is 1. The fraction of sp³-hybridized carbons (Fsp3) is 0.440. The van der Waals surface area contributed by atoms with Gasteiger partial charge in [0.1, 0.15) is 6.04 Å². The van der Waals surface area contributed by atoms with Crippen LogP contribution in [0.25, 0.3) is 0 Å². The minimum absolute atomic E-state index is 0.290. The number of nitrogens with one attached hydrogen (secondary N) is 1. The maximum atomic E-state index is 12.3. The van der Waals surface area contributed by atoms with Gasteiger partial charge in [0.15, 0.2) is 0 Å². The Morgan fingerprint density at radius 2 is 1.65 bits per heavy atom. The molecule has 0 saturated heterocycles. The van der Waals surface area contributed by atoms with E-state index < -0.39 is 17.9 Å². The zero-order valence-corrected chi connectivity index (χ0v) is 19.9. The topological polar surface area (TPSA) is 92.4 Å². The van der Waals surface area contributed by atoms with E-state index in [0.717, 1.165) is 25.7 Å². The molecule has 0 aliphatic heterocycles. The molecule has 31 heavy (non-hydrogen) atoms. The number of para-hydroxylation sites is 1. The van der Waals surface area contributed by atoms with Crippen molar-refractivity contribution in [1.29, 1.82) is 0 Å². The van der Waals surface area contributed by atoms with Crippen molar-refractivity contribution in [2.24, 2.45) is 0 Å². The van der Waals surface area contributed by atoms with Crippen LogP contribution in [0.3, 0.4) is 0 Å². The van der Waals surface area contributed by atoms with Crippen molar-refractivity contribution in [1.82, 2.24) is 5.32 Å². The molecule has 1 amide bonds. The van der Waals surface area contributed by atoms with Crippen LogP contribution in [0.4, 0.5) is 5.69 Å². The highest BCUT2D eigenvalue weighted by atomic mass is 32.2. The standard InChI is InChI=1S/C25H36N2O3S/c1-18(2)9-7-10-19(3)11-8-12-20(4)15-16-31-17-23(25(29)30)27-24(28)21-13-5-6-14-22(21)26/h5-6,9,11,13-15,23H,7-8,10,12,16-17,26H2,1-4H3,(H,27,28)(H,29,30)/t23-/m0/s1. The summed E-state index contributed by atoms with van der Waals surface area (Å²) < 4.78 is 0. The average molecular weight is 445 g/mol. The van der Waals surface area contributed by atoms with Crippen LogP contribution in [-0.4, -0.2) is 34.5 Å². The number of rotatable bonds is 13. The number of nitrogen functional groups attached to an aromatic ring is 1. The SMILES string of the molecule is CC(C)=CCCC(C)=CCCC(C)=CCSC[C@H](NC(=O)c1ccccc1N)C(=O)O. The first-order valence-electron chi connectivity index (χ1n) is 10.6. The molecule has 0 fully saturated rings. The van der Waals surface area contributed by atoms with Gasteiger partial charge in [-0.05, 0) is 65.5 Å². The summed E-state index contributed by atoms with van der Waals surface area (Å²) in [6.45, 7) is 8.52. The van der Waals surface area contributed by atoms with E-state index in [1.807, 2.05) is 0 Å². The maximum absolute atomic E-state index is 12.3. The smallest absolute Gasteiger partial charge is 0.327 e. The van der Waals surface area contributed by atoms with Crippen molar-refractivity contribution in [3.63, 3.8) is 0 Å². The maximum Gasteiger partial charge on any atom is 0.327 e. The molecule has 0 aliphatic rings. The second-order valence-electron chi connectivity index (χ2n) is 7.95. The zero-order chi connectivity index (χ0) is 23.2. The number of carbonyl (C=O) groups is 2. The minimum Gasteiger partial charge on any atom is -0.480 e. The first kappa shape index (κ1) is 26.6. The van der Waals surface area contributed by atoms with E-state index in [1.165, 1.54) is 28.5 Å². The first-order valence-corrected chi connectivity index (χ1v) is 11.8. The summed E-state index contributed by atoms with van der Waals surface area (Å²) in [6, 6.07) is 5.67.